The van der Waals surface area contributed by atoms with Gasteiger partial charge in [0, 0.05) is 6.20 Å². The predicted octanol–water partition coefficient (Wildman–Crippen LogP) is 1.68. The molecule has 8 nitrogen and oxygen atoms in total. The van der Waals surface area contributed by atoms with E-state index in [0.717, 1.165) is 10.3 Å². The summed E-state index contributed by atoms with van der Waals surface area (Å²) in [6.45, 7) is 3.77. The summed E-state index contributed by atoms with van der Waals surface area (Å²) in [7, 11) is 1.55. The van der Waals surface area contributed by atoms with E-state index in [2.05, 4.69) is 9.97 Å². The van der Waals surface area contributed by atoms with Crippen molar-refractivity contribution in [2.24, 2.45) is 0 Å². The zero-order valence-corrected chi connectivity index (χ0v) is 14.1. The maximum Gasteiger partial charge on any atom is 0.223 e. The second-order valence-electron chi connectivity index (χ2n) is 5.46. The number of aryl methyl sites for hydroxylation is 1. The number of nitrogen functional groups attached to an aromatic ring is 1. The van der Waals surface area contributed by atoms with E-state index in [9.17, 15) is 10.3 Å². The van der Waals surface area contributed by atoms with Crippen LogP contribution in [0.2, 0.25) is 5.15 Å². The molecular weight excluding hydrogens is 334 g/mol. The Labute approximate surface area is 142 Å². The van der Waals surface area contributed by atoms with Crippen molar-refractivity contribution in [3.8, 4) is 11.5 Å². The lowest BCUT2D eigenvalue weighted by Gasteiger charge is -2.14. The van der Waals surface area contributed by atoms with Gasteiger partial charge in [-0.15, -0.1) is 0 Å². The van der Waals surface area contributed by atoms with Crippen molar-refractivity contribution in [2.45, 2.75) is 20.4 Å². The molecule has 0 saturated heterocycles. The number of fused-ring (bicyclic) bond motifs is 1. The van der Waals surface area contributed by atoms with Crippen molar-refractivity contribution in [1.29, 1.82) is 0 Å². The van der Waals surface area contributed by atoms with Gasteiger partial charge in [0.1, 0.15) is 23.2 Å². The molecule has 3 rings (SSSR count). The maximum atomic E-state index is 12.3. The molecule has 0 unspecified atom stereocenters. The molecule has 0 aliphatic heterocycles. The summed E-state index contributed by atoms with van der Waals surface area (Å²) in [5.41, 5.74) is 7.89. The quantitative estimate of drug-likeness (QED) is 0.422. The standard InChI is InChI=1S/C15H16ClN5O3/c1-7-4-21(23)9(8(2)12(7)24-3)5-20-6-10(22)11-13(16)18-15(17)19-14(11)20/h4,6,22H,5H2,1-3H3,(H2,17,18,19). The molecule has 0 atom stereocenters. The van der Waals surface area contributed by atoms with Crippen molar-refractivity contribution in [3.05, 3.63) is 39.6 Å². The zero-order valence-electron chi connectivity index (χ0n) is 13.4. The van der Waals surface area contributed by atoms with Gasteiger partial charge in [-0.3, -0.25) is 0 Å². The Morgan fingerprint density at radius 1 is 1.42 bits per heavy atom. The van der Waals surface area contributed by atoms with Crippen molar-refractivity contribution >= 4 is 28.6 Å². The normalized spacial score (nSPS) is 11.2. The Hall–Kier alpha value is -2.74. The number of aromatic hydroxyl groups is 1. The summed E-state index contributed by atoms with van der Waals surface area (Å²) in [5, 5.41) is 22.8. The first-order chi connectivity index (χ1) is 11.3. The molecule has 0 radical (unpaired) electrons. The van der Waals surface area contributed by atoms with Crippen molar-refractivity contribution in [1.82, 2.24) is 14.5 Å². The van der Waals surface area contributed by atoms with Crippen LogP contribution in [0.4, 0.5) is 5.95 Å². The number of ether oxygens (including phenoxy) is 1. The van der Waals surface area contributed by atoms with Gasteiger partial charge < -0.3 is 25.4 Å². The van der Waals surface area contributed by atoms with Crippen LogP contribution in [0.5, 0.6) is 11.5 Å². The van der Waals surface area contributed by atoms with E-state index < -0.39 is 0 Å². The molecule has 9 heteroatoms. The Morgan fingerprint density at radius 3 is 2.79 bits per heavy atom. The van der Waals surface area contributed by atoms with Crippen molar-refractivity contribution in [3.63, 3.8) is 0 Å². The van der Waals surface area contributed by atoms with Crippen molar-refractivity contribution < 1.29 is 14.6 Å². The number of nitrogens with zero attached hydrogens (tertiary/aromatic N) is 4. The third kappa shape index (κ3) is 2.44. The molecule has 0 aliphatic carbocycles. The van der Waals surface area contributed by atoms with Gasteiger partial charge in [-0.05, 0) is 13.8 Å². The molecule has 3 aromatic heterocycles. The van der Waals surface area contributed by atoms with E-state index in [1.165, 1.54) is 12.4 Å². The van der Waals surface area contributed by atoms with Gasteiger partial charge in [-0.1, -0.05) is 11.6 Å². The fourth-order valence-corrected chi connectivity index (χ4v) is 3.10. The highest BCUT2D eigenvalue weighted by atomic mass is 35.5. The van der Waals surface area contributed by atoms with Gasteiger partial charge >= 0.3 is 0 Å². The summed E-state index contributed by atoms with van der Waals surface area (Å²) in [5.74, 6) is 0.550. The molecule has 0 amide bonds. The molecule has 24 heavy (non-hydrogen) atoms. The number of pyridine rings is 1. The van der Waals surface area contributed by atoms with Crippen LogP contribution in [0.1, 0.15) is 16.8 Å². The molecular formula is C15H16ClN5O3. The second-order valence-corrected chi connectivity index (χ2v) is 5.81. The first kappa shape index (κ1) is 16.1. The summed E-state index contributed by atoms with van der Waals surface area (Å²) in [6, 6.07) is 0. The summed E-state index contributed by atoms with van der Waals surface area (Å²) < 4.78 is 7.74. The number of methoxy groups -OCH3 is 1. The largest absolute Gasteiger partial charge is 0.618 e. The molecule has 0 aromatic carbocycles. The number of halogens is 1. The number of hydrogen-bond donors (Lipinski definition) is 2. The number of rotatable bonds is 3. The summed E-state index contributed by atoms with van der Waals surface area (Å²) in [4.78, 5) is 7.94. The molecule has 0 fully saturated rings. The first-order valence-electron chi connectivity index (χ1n) is 7.10. The van der Waals surface area contributed by atoms with Crippen LogP contribution in [0.3, 0.4) is 0 Å². The van der Waals surface area contributed by atoms with Gasteiger partial charge in [-0.25, -0.2) is 4.98 Å². The highest BCUT2D eigenvalue weighted by molar-refractivity contribution is 6.34. The van der Waals surface area contributed by atoms with Gasteiger partial charge in [0.05, 0.1) is 23.6 Å². The Morgan fingerprint density at radius 2 is 2.12 bits per heavy atom. The molecule has 3 aromatic rings. The molecule has 0 saturated carbocycles. The van der Waals surface area contributed by atoms with Gasteiger partial charge in [0.25, 0.3) is 0 Å². The minimum atomic E-state index is -0.0795. The minimum absolute atomic E-state index is 0.0138. The predicted molar refractivity (Wildman–Crippen MR) is 89.1 cm³/mol. The fraction of sp³-hybridized carbons (Fsp3) is 0.267. The molecule has 0 aliphatic rings. The third-order valence-corrected chi connectivity index (χ3v) is 4.18. The molecule has 3 N–H and O–H groups in total. The zero-order chi connectivity index (χ0) is 17.6. The number of nitrogens with two attached hydrogens (primary N) is 1. The van der Waals surface area contributed by atoms with E-state index in [1.54, 1.807) is 25.5 Å². The van der Waals surface area contributed by atoms with Crippen molar-refractivity contribution in [2.75, 3.05) is 12.8 Å². The van der Waals surface area contributed by atoms with Crippen LogP contribution in [0, 0.1) is 19.1 Å². The van der Waals surface area contributed by atoms with Crippen LogP contribution >= 0.6 is 11.6 Å². The lowest BCUT2D eigenvalue weighted by atomic mass is 10.1. The van der Waals surface area contributed by atoms with E-state index in [-0.39, 0.29) is 23.4 Å². The molecule has 0 spiro atoms. The number of aromatic nitrogens is 4. The van der Waals surface area contributed by atoms with E-state index >= 15 is 0 Å². The fourth-order valence-electron chi connectivity index (χ4n) is 2.83. The Balaban J connectivity index is 2.18. The van der Waals surface area contributed by atoms with Gasteiger partial charge in [-0.2, -0.15) is 9.71 Å². The van der Waals surface area contributed by atoms with E-state index in [4.69, 9.17) is 22.1 Å². The third-order valence-electron chi connectivity index (χ3n) is 3.90. The second kappa shape index (κ2) is 5.72. The average molecular weight is 350 g/mol. The lowest BCUT2D eigenvalue weighted by Crippen LogP contribution is -2.34. The highest BCUT2D eigenvalue weighted by Gasteiger charge is 2.21. The van der Waals surface area contributed by atoms with Crippen LogP contribution in [-0.2, 0) is 6.54 Å². The van der Waals surface area contributed by atoms with Crippen LogP contribution in [0.25, 0.3) is 11.0 Å². The average Bonchev–Trinajstić information content (AvgIpc) is 2.79. The monoisotopic (exact) mass is 349 g/mol. The van der Waals surface area contributed by atoms with Crippen LogP contribution in [0.15, 0.2) is 12.4 Å². The summed E-state index contributed by atoms with van der Waals surface area (Å²) >= 11 is 6.02. The number of hydrogen-bond acceptors (Lipinski definition) is 6. The highest BCUT2D eigenvalue weighted by Crippen LogP contribution is 2.32. The SMILES string of the molecule is COc1c(C)c[n+]([O-])c(Cn2cc(O)c3c(Cl)nc(N)nc32)c1C. The Kier molecular flexibility index (Phi) is 3.84. The van der Waals surface area contributed by atoms with E-state index in [0.29, 0.717) is 28.0 Å². The van der Waals surface area contributed by atoms with Crippen LogP contribution in [-0.4, -0.2) is 26.8 Å². The molecule has 0 bridgehead atoms. The minimum Gasteiger partial charge on any atom is -0.618 e. The molecule has 126 valence electrons. The van der Waals surface area contributed by atoms with E-state index in [1.807, 2.05) is 0 Å². The smallest absolute Gasteiger partial charge is 0.223 e. The summed E-state index contributed by atoms with van der Waals surface area (Å²) in [6.07, 6.45) is 2.89. The van der Waals surface area contributed by atoms with Gasteiger partial charge in [0.15, 0.2) is 11.8 Å². The number of anilines is 1. The maximum absolute atomic E-state index is 12.3. The van der Waals surface area contributed by atoms with Gasteiger partial charge in [0.2, 0.25) is 11.6 Å². The molecule has 3 heterocycles. The van der Waals surface area contributed by atoms with Crippen LogP contribution < -0.4 is 15.2 Å². The Bertz CT molecular complexity index is 954. The topological polar surface area (TPSA) is 113 Å². The lowest BCUT2D eigenvalue weighted by molar-refractivity contribution is -0.615. The first-order valence-corrected chi connectivity index (χ1v) is 7.48.